The topological polar surface area (TPSA) is 55.1 Å². The summed E-state index contributed by atoms with van der Waals surface area (Å²) in [6, 6.07) is 7.52. The molecule has 0 aliphatic rings. The number of amides is 1. The smallest absolute Gasteiger partial charge is 0.224 e. The molecule has 96 valence electrons. The highest BCUT2D eigenvalue weighted by Crippen LogP contribution is 2.09. The van der Waals surface area contributed by atoms with Gasteiger partial charge in [-0.25, -0.2) is 0 Å². The Kier molecular flexibility index (Phi) is 10.9. The summed E-state index contributed by atoms with van der Waals surface area (Å²) < 4.78 is 0. The predicted octanol–water partition coefficient (Wildman–Crippen LogP) is 2.89. The number of hydrogen-bond acceptors (Lipinski definition) is 2. The zero-order chi connectivity index (χ0) is 11.1. The van der Waals surface area contributed by atoms with Crippen LogP contribution in [0.15, 0.2) is 36.9 Å². The maximum atomic E-state index is 11.3. The number of allylic oxidation sites excluding steroid dienone is 1. The van der Waals surface area contributed by atoms with E-state index < -0.39 is 0 Å². The Morgan fingerprint density at radius 2 is 1.88 bits per heavy atom. The van der Waals surface area contributed by atoms with E-state index in [1.807, 2.05) is 24.3 Å². The molecule has 0 bridgehead atoms. The highest BCUT2D eigenvalue weighted by atomic mass is 35.5. The molecular formula is C12H18Cl2N2O. The number of nitrogens with one attached hydrogen (secondary N) is 1. The van der Waals surface area contributed by atoms with Gasteiger partial charge in [0.25, 0.3) is 0 Å². The average molecular weight is 277 g/mol. The second-order valence-electron chi connectivity index (χ2n) is 3.28. The molecule has 0 heterocycles. The summed E-state index contributed by atoms with van der Waals surface area (Å²) in [5, 5.41) is 2.80. The maximum Gasteiger partial charge on any atom is 0.224 e. The molecular weight excluding hydrogens is 259 g/mol. The number of halogens is 2. The van der Waals surface area contributed by atoms with Gasteiger partial charge in [-0.2, -0.15) is 0 Å². The molecule has 0 aliphatic carbocycles. The largest absolute Gasteiger partial charge is 0.326 e. The van der Waals surface area contributed by atoms with E-state index in [0.717, 1.165) is 11.3 Å². The Balaban J connectivity index is 0. The fourth-order valence-corrected chi connectivity index (χ4v) is 1.18. The van der Waals surface area contributed by atoms with E-state index in [2.05, 4.69) is 11.9 Å². The summed E-state index contributed by atoms with van der Waals surface area (Å²) in [7, 11) is 0. The van der Waals surface area contributed by atoms with Crippen molar-refractivity contribution in [3.05, 3.63) is 42.5 Å². The van der Waals surface area contributed by atoms with Crippen molar-refractivity contribution in [1.29, 1.82) is 0 Å². The first kappa shape index (κ1) is 18.3. The van der Waals surface area contributed by atoms with E-state index in [1.54, 1.807) is 6.08 Å². The first-order valence-corrected chi connectivity index (χ1v) is 4.96. The van der Waals surface area contributed by atoms with E-state index in [-0.39, 0.29) is 30.7 Å². The van der Waals surface area contributed by atoms with Crippen molar-refractivity contribution in [3.8, 4) is 0 Å². The number of carbonyl (C=O) groups is 1. The van der Waals surface area contributed by atoms with Gasteiger partial charge < -0.3 is 11.1 Å². The first-order chi connectivity index (χ1) is 7.26. The third-order valence-electron chi connectivity index (χ3n) is 2.05. The Hall–Kier alpha value is -1.03. The summed E-state index contributed by atoms with van der Waals surface area (Å²) in [5.74, 6) is 0.00963. The highest BCUT2D eigenvalue weighted by Gasteiger charge is 2.00. The van der Waals surface area contributed by atoms with Crippen LogP contribution in [0, 0.1) is 0 Å². The summed E-state index contributed by atoms with van der Waals surface area (Å²) >= 11 is 0. The summed E-state index contributed by atoms with van der Waals surface area (Å²) in [6.07, 6.45) is 2.91. The Bertz CT molecular complexity index is 339. The lowest BCUT2D eigenvalue weighted by molar-refractivity contribution is -0.116. The molecule has 1 rings (SSSR count). The quantitative estimate of drug-likeness (QED) is 0.813. The van der Waals surface area contributed by atoms with Crippen LogP contribution in [-0.4, -0.2) is 5.91 Å². The van der Waals surface area contributed by atoms with Crippen molar-refractivity contribution in [2.75, 3.05) is 5.32 Å². The Morgan fingerprint density at radius 3 is 2.35 bits per heavy atom. The molecule has 0 radical (unpaired) electrons. The van der Waals surface area contributed by atoms with Crippen LogP contribution < -0.4 is 11.1 Å². The number of carbonyl (C=O) groups excluding carboxylic acids is 1. The predicted molar refractivity (Wildman–Crippen MR) is 76.9 cm³/mol. The zero-order valence-corrected chi connectivity index (χ0v) is 11.2. The molecule has 1 aromatic carbocycles. The standard InChI is InChI=1S/C12H16N2O.2ClH/c1-2-3-4-12(15)14-11-7-5-10(9-13)6-8-11;;/h2,5-8H,1,3-4,9,13H2,(H,14,15);2*1H. The van der Waals surface area contributed by atoms with Gasteiger partial charge in [-0.1, -0.05) is 18.2 Å². The van der Waals surface area contributed by atoms with Gasteiger partial charge in [0.05, 0.1) is 0 Å². The normalized spacial score (nSPS) is 8.53. The van der Waals surface area contributed by atoms with Gasteiger partial charge >= 0.3 is 0 Å². The van der Waals surface area contributed by atoms with Crippen molar-refractivity contribution in [1.82, 2.24) is 0 Å². The summed E-state index contributed by atoms with van der Waals surface area (Å²) in [6.45, 7) is 4.09. The Labute approximate surface area is 114 Å². The lowest BCUT2D eigenvalue weighted by Crippen LogP contribution is -2.10. The maximum absolute atomic E-state index is 11.3. The van der Waals surface area contributed by atoms with Crippen molar-refractivity contribution < 1.29 is 4.79 Å². The first-order valence-electron chi connectivity index (χ1n) is 4.96. The zero-order valence-electron chi connectivity index (χ0n) is 9.52. The van der Waals surface area contributed by atoms with Crippen LogP contribution in [-0.2, 0) is 11.3 Å². The second-order valence-corrected chi connectivity index (χ2v) is 3.28. The van der Waals surface area contributed by atoms with E-state index in [1.165, 1.54) is 0 Å². The third kappa shape index (κ3) is 7.00. The molecule has 0 fully saturated rings. The lowest BCUT2D eigenvalue weighted by atomic mass is 10.2. The van der Waals surface area contributed by atoms with E-state index >= 15 is 0 Å². The number of anilines is 1. The minimum absolute atomic E-state index is 0. The molecule has 1 amide bonds. The van der Waals surface area contributed by atoms with Crippen molar-refractivity contribution in [2.45, 2.75) is 19.4 Å². The Morgan fingerprint density at radius 1 is 1.29 bits per heavy atom. The molecule has 0 aliphatic heterocycles. The second kappa shape index (κ2) is 10.1. The molecule has 5 heteroatoms. The van der Waals surface area contributed by atoms with E-state index in [9.17, 15) is 4.79 Å². The van der Waals surface area contributed by atoms with Crippen LogP contribution in [0.25, 0.3) is 0 Å². The van der Waals surface area contributed by atoms with Crippen LogP contribution in [0.2, 0.25) is 0 Å². The SMILES string of the molecule is C=CCCC(=O)Nc1ccc(CN)cc1.Cl.Cl. The fourth-order valence-electron chi connectivity index (χ4n) is 1.18. The monoisotopic (exact) mass is 276 g/mol. The molecule has 1 aromatic rings. The van der Waals surface area contributed by atoms with Crippen LogP contribution in [0.3, 0.4) is 0 Å². The minimum atomic E-state index is 0. The van der Waals surface area contributed by atoms with Crippen LogP contribution >= 0.6 is 24.8 Å². The molecule has 0 saturated carbocycles. The molecule has 0 saturated heterocycles. The van der Waals surface area contributed by atoms with Crippen molar-refractivity contribution >= 4 is 36.4 Å². The fraction of sp³-hybridized carbons (Fsp3) is 0.250. The number of nitrogens with two attached hydrogens (primary N) is 1. The van der Waals surface area contributed by atoms with Gasteiger partial charge in [-0.3, -0.25) is 4.79 Å². The van der Waals surface area contributed by atoms with Crippen LogP contribution in [0.1, 0.15) is 18.4 Å². The van der Waals surface area contributed by atoms with Crippen molar-refractivity contribution in [3.63, 3.8) is 0 Å². The molecule has 0 unspecified atom stereocenters. The molecule has 0 atom stereocenters. The minimum Gasteiger partial charge on any atom is -0.326 e. The van der Waals surface area contributed by atoms with Gasteiger partial charge in [-0.05, 0) is 24.1 Å². The third-order valence-corrected chi connectivity index (χ3v) is 2.05. The molecule has 3 nitrogen and oxygen atoms in total. The number of benzene rings is 1. The van der Waals surface area contributed by atoms with Gasteiger partial charge in [0.1, 0.15) is 0 Å². The number of hydrogen-bond donors (Lipinski definition) is 2. The van der Waals surface area contributed by atoms with Gasteiger partial charge in [0.15, 0.2) is 0 Å². The molecule has 3 N–H and O–H groups in total. The van der Waals surface area contributed by atoms with E-state index in [4.69, 9.17) is 5.73 Å². The van der Waals surface area contributed by atoms with Crippen molar-refractivity contribution in [2.24, 2.45) is 5.73 Å². The van der Waals surface area contributed by atoms with E-state index in [0.29, 0.717) is 19.4 Å². The molecule has 0 spiro atoms. The van der Waals surface area contributed by atoms with Crippen LogP contribution in [0.4, 0.5) is 5.69 Å². The van der Waals surface area contributed by atoms with Gasteiger partial charge in [0.2, 0.25) is 5.91 Å². The highest BCUT2D eigenvalue weighted by molar-refractivity contribution is 5.90. The van der Waals surface area contributed by atoms with Crippen LogP contribution in [0.5, 0.6) is 0 Å². The average Bonchev–Trinajstić information content (AvgIpc) is 2.27. The molecule has 0 aromatic heterocycles. The summed E-state index contributed by atoms with van der Waals surface area (Å²) in [4.78, 5) is 11.3. The van der Waals surface area contributed by atoms with Gasteiger partial charge in [0, 0.05) is 18.7 Å². The molecule has 17 heavy (non-hydrogen) atoms. The summed E-state index contributed by atoms with van der Waals surface area (Å²) in [5.41, 5.74) is 7.33. The lowest BCUT2D eigenvalue weighted by Gasteiger charge is -2.04. The van der Waals surface area contributed by atoms with Gasteiger partial charge in [-0.15, -0.1) is 31.4 Å². The number of rotatable bonds is 5.